The molecule has 8 aromatic rings. The van der Waals surface area contributed by atoms with E-state index in [1.807, 2.05) is 0 Å². The molecular weight excluding hydrogens is 567 g/mol. The lowest BCUT2D eigenvalue weighted by Gasteiger charge is -2.31. The Hall–Kier alpha value is -6.05. The molecule has 10 rings (SSSR count). The summed E-state index contributed by atoms with van der Waals surface area (Å²) in [6.45, 7) is 0. The van der Waals surface area contributed by atoms with Crippen molar-refractivity contribution in [2.24, 2.45) is 0 Å². The van der Waals surface area contributed by atoms with Crippen LogP contribution in [0.4, 0.5) is 0 Å². The highest BCUT2D eigenvalue weighted by Gasteiger charge is 2.53. The number of para-hydroxylation sites is 1. The topological polar surface area (TPSA) is 12.9 Å². The van der Waals surface area contributed by atoms with Crippen LogP contribution in [-0.2, 0) is 5.41 Å². The number of nitrogens with zero attached hydrogens (tertiary/aromatic N) is 1. The lowest BCUT2D eigenvalue weighted by atomic mass is 9.69. The molecule has 47 heavy (non-hydrogen) atoms. The van der Waals surface area contributed by atoms with E-state index in [1.54, 1.807) is 0 Å². The van der Waals surface area contributed by atoms with Crippen LogP contribution in [0.3, 0.4) is 0 Å². The van der Waals surface area contributed by atoms with E-state index in [0.717, 1.165) is 16.8 Å². The molecule has 2 aliphatic rings. The van der Waals surface area contributed by atoms with Gasteiger partial charge in [-0.2, -0.15) is 0 Å². The summed E-state index contributed by atoms with van der Waals surface area (Å²) in [5.74, 6) is 0. The van der Waals surface area contributed by atoms with Crippen LogP contribution in [0.5, 0.6) is 0 Å². The van der Waals surface area contributed by atoms with Gasteiger partial charge >= 0.3 is 0 Å². The Morgan fingerprint density at radius 1 is 0.362 bits per heavy atom. The Morgan fingerprint density at radius 3 is 1.53 bits per heavy atom. The molecule has 0 radical (unpaired) electrons. The summed E-state index contributed by atoms with van der Waals surface area (Å²) in [7, 11) is 0. The smallest absolute Gasteiger partial charge is 0.0791 e. The van der Waals surface area contributed by atoms with E-state index >= 15 is 0 Å². The van der Waals surface area contributed by atoms with E-state index in [0.29, 0.717) is 0 Å². The molecule has 218 valence electrons. The summed E-state index contributed by atoms with van der Waals surface area (Å²) in [4.78, 5) is 5.44. The molecular formula is C46H29N. The van der Waals surface area contributed by atoms with Crippen LogP contribution >= 0.6 is 0 Å². The molecule has 0 N–H and O–H groups in total. The highest BCUT2D eigenvalue weighted by atomic mass is 14.7. The number of hydrogen-bond acceptors (Lipinski definition) is 1. The molecule has 0 fully saturated rings. The van der Waals surface area contributed by atoms with Crippen molar-refractivity contribution in [2.45, 2.75) is 5.41 Å². The maximum Gasteiger partial charge on any atom is 0.0791 e. The first kappa shape index (κ1) is 26.2. The summed E-state index contributed by atoms with van der Waals surface area (Å²) in [6, 6.07) is 64.1. The zero-order chi connectivity index (χ0) is 31.0. The Labute approximate surface area is 274 Å². The van der Waals surface area contributed by atoms with Crippen molar-refractivity contribution in [1.82, 2.24) is 4.98 Å². The molecule has 1 heteroatoms. The molecule has 1 nitrogen and oxygen atoms in total. The first-order valence-electron chi connectivity index (χ1n) is 16.3. The second-order valence-corrected chi connectivity index (χ2v) is 12.6. The second kappa shape index (κ2) is 9.97. The number of fused-ring (bicyclic) bond motifs is 12. The highest BCUT2D eigenvalue weighted by Crippen LogP contribution is 2.65. The van der Waals surface area contributed by atoms with E-state index in [-0.39, 0.29) is 0 Å². The van der Waals surface area contributed by atoms with E-state index < -0.39 is 5.41 Å². The first-order chi connectivity index (χ1) is 23.3. The van der Waals surface area contributed by atoms with Gasteiger partial charge in [0.2, 0.25) is 0 Å². The van der Waals surface area contributed by atoms with Crippen LogP contribution < -0.4 is 0 Å². The molecule has 7 aromatic carbocycles. The van der Waals surface area contributed by atoms with Gasteiger partial charge < -0.3 is 0 Å². The van der Waals surface area contributed by atoms with E-state index in [2.05, 4.69) is 176 Å². The molecule has 0 bridgehead atoms. The minimum atomic E-state index is -0.422. The molecule has 0 aliphatic heterocycles. The molecule has 0 unspecified atom stereocenters. The lowest BCUT2D eigenvalue weighted by molar-refractivity contribution is 0.801. The average molecular weight is 596 g/mol. The Kier molecular flexibility index (Phi) is 5.56. The SMILES string of the molecule is c1ccc(-c2cccc(-c3ccc(-c4nc5ccccc5c5c4-c4ccccc4C54c5ccccc5-c5ccccc54)cc3)c2)cc1. The first-order valence-corrected chi connectivity index (χ1v) is 16.3. The van der Waals surface area contributed by atoms with Gasteiger partial charge in [-0.25, -0.2) is 4.98 Å². The van der Waals surface area contributed by atoms with Gasteiger partial charge in [0.1, 0.15) is 0 Å². The fourth-order valence-electron chi connectivity index (χ4n) is 8.36. The lowest BCUT2D eigenvalue weighted by Crippen LogP contribution is -2.26. The Morgan fingerprint density at radius 2 is 0.851 bits per heavy atom. The summed E-state index contributed by atoms with van der Waals surface area (Å²) in [5, 5.41) is 1.21. The zero-order valence-electron chi connectivity index (χ0n) is 25.7. The zero-order valence-corrected chi connectivity index (χ0v) is 25.7. The van der Waals surface area contributed by atoms with Crippen LogP contribution in [0.25, 0.3) is 66.7 Å². The number of benzene rings is 7. The minimum absolute atomic E-state index is 0.422. The van der Waals surface area contributed by atoms with Crippen LogP contribution in [0.15, 0.2) is 176 Å². The van der Waals surface area contributed by atoms with Gasteiger partial charge in [0, 0.05) is 16.5 Å². The van der Waals surface area contributed by atoms with Crippen molar-refractivity contribution >= 4 is 10.9 Å². The second-order valence-electron chi connectivity index (χ2n) is 12.6. The standard InChI is InChI=1S/C46H29N/c1-2-13-30(14-3-1)33-15-12-16-34(29-33)31-25-27-32(28-26-31)45-43-37-19-6-10-23-41(37)46(44(43)38-20-7-11-24-42(38)47-45)39-21-8-4-17-35(39)36-18-5-9-22-40(36)46/h1-29H. The molecule has 1 spiro atoms. The van der Waals surface area contributed by atoms with Gasteiger partial charge in [-0.1, -0.05) is 164 Å². The fourth-order valence-corrected chi connectivity index (χ4v) is 8.36. The Balaban J connectivity index is 1.22. The summed E-state index contributed by atoms with van der Waals surface area (Å²) >= 11 is 0. The van der Waals surface area contributed by atoms with E-state index in [9.17, 15) is 0 Å². The predicted molar refractivity (Wildman–Crippen MR) is 194 cm³/mol. The molecule has 0 atom stereocenters. The number of hydrogen-bond donors (Lipinski definition) is 0. The van der Waals surface area contributed by atoms with Gasteiger partial charge in [0.05, 0.1) is 16.6 Å². The molecule has 0 amide bonds. The van der Waals surface area contributed by atoms with Gasteiger partial charge in [-0.05, 0) is 73.3 Å². The summed E-state index contributed by atoms with van der Waals surface area (Å²) in [6.07, 6.45) is 0. The van der Waals surface area contributed by atoms with Crippen molar-refractivity contribution in [3.8, 4) is 55.8 Å². The van der Waals surface area contributed by atoms with Crippen molar-refractivity contribution in [3.05, 3.63) is 198 Å². The maximum atomic E-state index is 5.44. The van der Waals surface area contributed by atoms with Crippen molar-refractivity contribution in [2.75, 3.05) is 0 Å². The molecule has 0 saturated heterocycles. The highest BCUT2D eigenvalue weighted by molar-refractivity contribution is 6.06. The fraction of sp³-hybridized carbons (Fsp3) is 0.0217. The summed E-state index contributed by atoms with van der Waals surface area (Å²) < 4.78 is 0. The third kappa shape index (κ3) is 3.63. The van der Waals surface area contributed by atoms with Crippen LogP contribution in [0.2, 0.25) is 0 Å². The van der Waals surface area contributed by atoms with Gasteiger partial charge in [-0.15, -0.1) is 0 Å². The van der Waals surface area contributed by atoms with Crippen LogP contribution in [0, 0.1) is 0 Å². The van der Waals surface area contributed by atoms with Gasteiger partial charge in [0.25, 0.3) is 0 Å². The average Bonchev–Trinajstić information content (AvgIpc) is 3.63. The maximum absolute atomic E-state index is 5.44. The van der Waals surface area contributed by atoms with Crippen LogP contribution in [0.1, 0.15) is 22.3 Å². The number of rotatable bonds is 3. The van der Waals surface area contributed by atoms with Crippen molar-refractivity contribution in [3.63, 3.8) is 0 Å². The summed E-state index contributed by atoms with van der Waals surface area (Å²) in [5.41, 5.74) is 18.1. The Bertz CT molecular complexity index is 2460. The van der Waals surface area contributed by atoms with E-state index in [4.69, 9.17) is 4.98 Å². The normalized spacial score (nSPS) is 13.3. The molecule has 1 heterocycles. The van der Waals surface area contributed by atoms with Gasteiger partial charge in [0.15, 0.2) is 0 Å². The number of pyridine rings is 1. The minimum Gasteiger partial charge on any atom is -0.247 e. The van der Waals surface area contributed by atoms with E-state index in [1.165, 1.54) is 72.1 Å². The third-order valence-electron chi connectivity index (χ3n) is 10.3. The van der Waals surface area contributed by atoms with Crippen molar-refractivity contribution < 1.29 is 0 Å². The molecule has 1 aromatic heterocycles. The largest absolute Gasteiger partial charge is 0.247 e. The van der Waals surface area contributed by atoms with Gasteiger partial charge in [-0.3, -0.25) is 0 Å². The van der Waals surface area contributed by atoms with Crippen molar-refractivity contribution in [1.29, 1.82) is 0 Å². The molecule has 0 saturated carbocycles. The molecule has 2 aliphatic carbocycles. The predicted octanol–water partition coefficient (Wildman–Crippen LogP) is 11.6. The monoisotopic (exact) mass is 595 g/mol. The number of aromatic nitrogens is 1. The van der Waals surface area contributed by atoms with Crippen LogP contribution in [-0.4, -0.2) is 4.98 Å². The third-order valence-corrected chi connectivity index (χ3v) is 10.3. The quantitative estimate of drug-likeness (QED) is 0.198.